The molecule has 0 saturated heterocycles. The molecule has 0 aliphatic heterocycles. The third-order valence-corrected chi connectivity index (χ3v) is 3.50. The van der Waals surface area contributed by atoms with Crippen LogP contribution in [0.5, 0.6) is 0 Å². The Hall–Kier alpha value is -0.730. The molecule has 80 valence electrons. The van der Waals surface area contributed by atoms with E-state index in [1.807, 2.05) is 0 Å². The van der Waals surface area contributed by atoms with Crippen molar-refractivity contribution in [2.45, 2.75) is 57.6 Å². The van der Waals surface area contributed by atoms with Crippen LogP contribution in [0.25, 0.3) is 0 Å². The normalized spacial score (nSPS) is 32.4. The van der Waals surface area contributed by atoms with Gasteiger partial charge in [0.15, 0.2) is 0 Å². The fraction of sp³-hybridized carbons (Fsp3) is 0.909. The first kappa shape index (κ1) is 9.81. The summed E-state index contributed by atoms with van der Waals surface area (Å²) in [7, 11) is 0. The van der Waals surface area contributed by atoms with Gasteiger partial charge < -0.3 is 10.1 Å². The lowest BCUT2D eigenvalue weighted by molar-refractivity contribution is 0.0880. The second kappa shape index (κ2) is 4.20. The summed E-state index contributed by atoms with van der Waals surface area (Å²) in [5, 5.41) is 2.93. The molecule has 0 aromatic rings. The summed E-state index contributed by atoms with van der Waals surface area (Å²) < 4.78 is 5.32. The van der Waals surface area contributed by atoms with E-state index in [1.54, 1.807) is 0 Å². The van der Waals surface area contributed by atoms with Crippen LogP contribution in [-0.2, 0) is 4.74 Å². The minimum Gasteiger partial charge on any atom is -0.446 e. The minimum absolute atomic E-state index is 0.186. The summed E-state index contributed by atoms with van der Waals surface area (Å²) in [6.45, 7) is 2.17. The Bertz CT molecular complexity index is 205. The zero-order valence-corrected chi connectivity index (χ0v) is 8.79. The Morgan fingerprint density at radius 1 is 1.21 bits per heavy atom. The second-order valence-electron chi connectivity index (χ2n) is 4.62. The van der Waals surface area contributed by atoms with Gasteiger partial charge in [0, 0.05) is 6.04 Å². The lowest BCUT2D eigenvalue weighted by Gasteiger charge is -2.34. The average Bonchev–Trinajstić information content (AvgIpc) is 2.64. The van der Waals surface area contributed by atoms with Gasteiger partial charge in [0.25, 0.3) is 0 Å². The van der Waals surface area contributed by atoms with Crippen LogP contribution in [0.4, 0.5) is 4.79 Å². The zero-order chi connectivity index (χ0) is 9.97. The Labute approximate surface area is 85.2 Å². The number of carbonyl (C=O) groups excluding carboxylic acids is 1. The number of hydrogen-bond acceptors (Lipinski definition) is 2. The lowest BCUT2D eigenvalue weighted by atomic mass is 9.81. The van der Waals surface area contributed by atoms with Crippen LogP contribution in [0, 0.1) is 5.92 Å². The molecule has 0 aromatic carbocycles. The van der Waals surface area contributed by atoms with E-state index >= 15 is 0 Å². The van der Waals surface area contributed by atoms with E-state index in [-0.39, 0.29) is 12.2 Å². The third-order valence-electron chi connectivity index (χ3n) is 3.50. The van der Waals surface area contributed by atoms with Crippen molar-refractivity contribution in [3.63, 3.8) is 0 Å². The van der Waals surface area contributed by atoms with Gasteiger partial charge in [0.05, 0.1) is 0 Å². The van der Waals surface area contributed by atoms with Crippen LogP contribution in [0.1, 0.15) is 45.4 Å². The number of nitrogens with one attached hydrogen (secondary N) is 1. The van der Waals surface area contributed by atoms with Crippen LogP contribution in [-0.4, -0.2) is 18.2 Å². The standard InChI is InChI=1S/C11H19NO2/c1-8-6-7-10(8)12-11(13)14-9-4-2-3-5-9/h8-10H,2-7H2,1H3,(H,12,13). The summed E-state index contributed by atoms with van der Waals surface area (Å²) in [4.78, 5) is 11.4. The van der Waals surface area contributed by atoms with E-state index in [2.05, 4.69) is 12.2 Å². The first-order chi connectivity index (χ1) is 6.75. The van der Waals surface area contributed by atoms with E-state index in [0.29, 0.717) is 12.0 Å². The predicted octanol–water partition coefficient (Wildman–Crippen LogP) is 2.45. The van der Waals surface area contributed by atoms with Crippen molar-refractivity contribution in [3.8, 4) is 0 Å². The van der Waals surface area contributed by atoms with Crippen LogP contribution in [0.2, 0.25) is 0 Å². The monoisotopic (exact) mass is 197 g/mol. The van der Waals surface area contributed by atoms with E-state index in [1.165, 1.54) is 19.3 Å². The molecule has 2 atom stereocenters. The highest BCUT2D eigenvalue weighted by Gasteiger charge is 2.29. The fourth-order valence-electron chi connectivity index (χ4n) is 2.22. The van der Waals surface area contributed by atoms with E-state index in [9.17, 15) is 4.79 Å². The third kappa shape index (κ3) is 2.20. The van der Waals surface area contributed by atoms with Gasteiger partial charge in [0.2, 0.25) is 0 Å². The highest BCUT2D eigenvalue weighted by molar-refractivity contribution is 5.68. The summed E-state index contributed by atoms with van der Waals surface area (Å²) in [5.74, 6) is 0.631. The molecule has 1 amide bonds. The van der Waals surface area contributed by atoms with Crippen molar-refractivity contribution in [1.29, 1.82) is 0 Å². The van der Waals surface area contributed by atoms with E-state index < -0.39 is 0 Å². The molecule has 2 rings (SSSR count). The van der Waals surface area contributed by atoms with E-state index in [0.717, 1.165) is 19.3 Å². The molecule has 2 aliphatic carbocycles. The van der Waals surface area contributed by atoms with Crippen molar-refractivity contribution in [2.75, 3.05) is 0 Å². The van der Waals surface area contributed by atoms with Gasteiger partial charge in [-0.15, -0.1) is 0 Å². The predicted molar refractivity (Wildman–Crippen MR) is 54.1 cm³/mol. The summed E-state index contributed by atoms with van der Waals surface area (Å²) in [6.07, 6.45) is 6.84. The Balaban J connectivity index is 1.67. The maximum absolute atomic E-state index is 11.4. The largest absolute Gasteiger partial charge is 0.446 e. The smallest absolute Gasteiger partial charge is 0.407 e. The summed E-state index contributed by atoms with van der Waals surface area (Å²) in [5.41, 5.74) is 0. The molecule has 2 aliphatic rings. The molecule has 0 aromatic heterocycles. The molecule has 0 bridgehead atoms. The van der Waals surface area contributed by atoms with Gasteiger partial charge in [-0.1, -0.05) is 6.92 Å². The van der Waals surface area contributed by atoms with Gasteiger partial charge in [-0.25, -0.2) is 4.79 Å². The number of hydrogen-bond donors (Lipinski definition) is 1. The number of carbonyl (C=O) groups is 1. The van der Waals surface area contributed by atoms with Crippen molar-refractivity contribution in [1.82, 2.24) is 5.32 Å². The molecular formula is C11H19NO2. The molecular weight excluding hydrogens is 178 g/mol. The molecule has 2 unspecified atom stereocenters. The molecule has 0 spiro atoms. The SMILES string of the molecule is CC1CCC1NC(=O)OC1CCCC1. The minimum atomic E-state index is -0.201. The second-order valence-corrected chi connectivity index (χ2v) is 4.62. The van der Waals surface area contributed by atoms with Crippen molar-refractivity contribution < 1.29 is 9.53 Å². The number of amides is 1. The van der Waals surface area contributed by atoms with Gasteiger partial charge in [0.1, 0.15) is 6.10 Å². The molecule has 3 heteroatoms. The molecule has 3 nitrogen and oxygen atoms in total. The topological polar surface area (TPSA) is 38.3 Å². The van der Waals surface area contributed by atoms with Crippen molar-refractivity contribution >= 4 is 6.09 Å². The average molecular weight is 197 g/mol. The van der Waals surface area contributed by atoms with Gasteiger partial charge >= 0.3 is 6.09 Å². The lowest BCUT2D eigenvalue weighted by Crippen LogP contribution is -2.46. The molecule has 2 saturated carbocycles. The quantitative estimate of drug-likeness (QED) is 0.738. The highest BCUT2D eigenvalue weighted by atomic mass is 16.6. The van der Waals surface area contributed by atoms with Crippen LogP contribution in [0.15, 0.2) is 0 Å². The van der Waals surface area contributed by atoms with Gasteiger partial charge in [-0.3, -0.25) is 0 Å². The molecule has 0 radical (unpaired) electrons. The summed E-state index contributed by atoms with van der Waals surface area (Å²) >= 11 is 0. The molecule has 2 fully saturated rings. The molecule has 14 heavy (non-hydrogen) atoms. The first-order valence-electron chi connectivity index (χ1n) is 5.73. The van der Waals surface area contributed by atoms with E-state index in [4.69, 9.17) is 4.74 Å². The molecule has 0 heterocycles. The Kier molecular flexibility index (Phi) is 2.94. The maximum atomic E-state index is 11.4. The summed E-state index contributed by atoms with van der Waals surface area (Å²) in [6, 6.07) is 0.365. The van der Waals surface area contributed by atoms with Crippen LogP contribution >= 0.6 is 0 Å². The Morgan fingerprint density at radius 3 is 2.43 bits per heavy atom. The zero-order valence-electron chi connectivity index (χ0n) is 8.79. The number of rotatable bonds is 2. The highest BCUT2D eigenvalue weighted by Crippen LogP contribution is 2.27. The fourth-order valence-corrected chi connectivity index (χ4v) is 2.22. The molecule has 1 N–H and O–H groups in total. The first-order valence-corrected chi connectivity index (χ1v) is 5.73. The van der Waals surface area contributed by atoms with Crippen LogP contribution in [0.3, 0.4) is 0 Å². The van der Waals surface area contributed by atoms with Gasteiger partial charge in [-0.2, -0.15) is 0 Å². The number of alkyl carbamates (subject to hydrolysis) is 1. The maximum Gasteiger partial charge on any atom is 0.407 e. The van der Waals surface area contributed by atoms with Gasteiger partial charge in [-0.05, 0) is 44.4 Å². The Morgan fingerprint density at radius 2 is 1.93 bits per heavy atom. The van der Waals surface area contributed by atoms with Crippen molar-refractivity contribution in [3.05, 3.63) is 0 Å². The van der Waals surface area contributed by atoms with Crippen molar-refractivity contribution in [2.24, 2.45) is 5.92 Å². The number of ether oxygens (including phenoxy) is 1. The van der Waals surface area contributed by atoms with Crippen LogP contribution < -0.4 is 5.32 Å².